The molecule has 2 atom stereocenters. The van der Waals surface area contributed by atoms with Gasteiger partial charge in [-0.05, 0) is 31.1 Å². The van der Waals surface area contributed by atoms with E-state index in [1.54, 1.807) is 0 Å². The lowest BCUT2D eigenvalue weighted by atomic mass is 10.1. The van der Waals surface area contributed by atoms with Crippen molar-refractivity contribution in [2.45, 2.75) is 32.6 Å². The fraction of sp³-hybridized carbons (Fsp3) is 0.636. The van der Waals surface area contributed by atoms with E-state index in [2.05, 4.69) is 17.1 Å². The molecule has 1 saturated carbocycles. The monoisotopic (exact) mass is 206 g/mol. The second-order valence-corrected chi connectivity index (χ2v) is 4.77. The number of aromatic nitrogens is 2. The Morgan fingerprint density at radius 2 is 2.53 bits per heavy atom. The molecule has 1 unspecified atom stereocenters. The molecule has 4 heteroatoms. The number of H-pyrrole nitrogens is 1. The van der Waals surface area contributed by atoms with Crippen LogP contribution >= 0.6 is 0 Å². The summed E-state index contributed by atoms with van der Waals surface area (Å²) in [5.74, 6) is 0.247. The molecule has 0 radical (unpaired) electrons. The van der Waals surface area contributed by atoms with Gasteiger partial charge in [-0.2, -0.15) is 5.10 Å². The van der Waals surface area contributed by atoms with Gasteiger partial charge >= 0.3 is 5.97 Å². The Morgan fingerprint density at radius 1 is 1.73 bits per heavy atom. The van der Waals surface area contributed by atoms with Gasteiger partial charge < -0.3 is 4.74 Å². The zero-order valence-electron chi connectivity index (χ0n) is 8.96. The Kier molecular flexibility index (Phi) is 1.56. The van der Waals surface area contributed by atoms with Crippen LogP contribution in [0.3, 0.4) is 0 Å². The molecule has 0 aliphatic heterocycles. The number of hydrogen-bond donors (Lipinski definition) is 1. The van der Waals surface area contributed by atoms with E-state index >= 15 is 0 Å². The molecular weight excluding hydrogens is 192 g/mol. The van der Waals surface area contributed by atoms with Crippen LogP contribution in [0.2, 0.25) is 0 Å². The number of esters is 1. The quantitative estimate of drug-likeness (QED) is 0.748. The van der Waals surface area contributed by atoms with Gasteiger partial charge in [-0.1, -0.05) is 6.92 Å². The summed E-state index contributed by atoms with van der Waals surface area (Å²) < 4.78 is 4.99. The lowest BCUT2D eigenvalue weighted by Gasteiger charge is -2.00. The maximum Gasteiger partial charge on any atom is 0.359 e. The smallest absolute Gasteiger partial charge is 0.359 e. The third-order valence-corrected chi connectivity index (χ3v) is 3.63. The van der Waals surface area contributed by atoms with Crippen molar-refractivity contribution in [2.24, 2.45) is 5.41 Å². The summed E-state index contributed by atoms with van der Waals surface area (Å²) in [7, 11) is 0. The summed E-state index contributed by atoms with van der Waals surface area (Å²) >= 11 is 0. The molecule has 1 fully saturated rings. The van der Waals surface area contributed by atoms with Crippen LogP contribution < -0.4 is 0 Å². The van der Waals surface area contributed by atoms with Crippen LogP contribution in [0.1, 0.15) is 47.9 Å². The first kappa shape index (κ1) is 8.95. The van der Waals surface area contributed by atoms with Crippen molar-refractivity contribution in [3.63, 3.8) is 0 Å². The minimum absolute atomic E-state index is 0.286. The van der Waals surface area contributed by atoms with E-state index < -0.39 is 0 Å². The molecule has 0 amide bonds. The first-order chi connectivity index (χ1) is 7.15. The lowest BCUT2D eigenvalue weighted by Crippen LogP contribution is -2.07. The predicted octanol–water partition coefficient (Wildman–Crippen LogP) is 1.64. The molecule has 1 aromatic rings. The maximum atomic E-state index is 11.6. The maximum absolute atomic E-state index is 11.6. The van der Waals surface area contributed by atoms with Crippen molar-refractivity contribution in [1.82, 2.24) is 10.2 Å². The summed E-state index contributed by atoms with van der Waals surface area (Å²) in [5.41, 5.74) is 3.16. The van der Waals surface area contributed by atoms with Gasteiger partial charge in [0.2, 0.25) is 0 Å². The average molecular weight is 206 g/mol. The molecule has 80 valence electrons. The number of nitrogens with one attached hydrogen (secondary N) is 1. The molecule has 2 aliphatic rings. The van der Waals surface area contributed by atoms with Crippen molar-refractivity contribution >= 4 is 5.97 Å². The van der Waals surface area contributed by atoms with Gasteiger partial charge in [-0.15, -0.1) is 0 Å². The van der Waals surface area contributed by atoms with Crippen LogP contribution in [0, 0.1) is 5.41 Å². The average Bonchev–Trinajstić information content (AvgIpc) is 2.58. The molecule has 2 aliphatic carbocycles. The second kappa shape index (κ2) is 2.62. The normalized spacial score (nSPS) is 30.9. The van der Waals surface area contributed by atoms with Gasteiger partial charge in [0.25, 0.3) is 0 Å². The van der Waals surface area contributed by atoms with Crippen molar-refractivity contribution < 1.29 is 9.53 Å². The zero-order chi connectivity index (χ0) is 10.6. The van der Waals surface area contributed by atoms with Crippen LogP contribution in [-0.4, -0.2) is 22.8 Å². The second-order valence-electron chi connectivity index (χ2n) is 4.77. The SMILES string of the molecule is CCOC(=O)c1n[nH]c2c1[C@@H]1CC1(C)C2. The number of carbonyl (C=O) groups is 1. The molecule has 0 saturated heterocycles. The molecule has 15 heavy (non-hydrogen) atoms. The van der Waals surface area contributed by atoms with E-state index in [-0.39, 0.29) is 5.97 Å². The highest BCUT2D eigenvalue weighted by molar-refractivity contribution is 5.90. The van der Waals surface area contributed by atoms with Crippen LogP contribution in [0.25, 0.3) is 0 Å². The third kappa shape index (κ3) is 1.07. The summed E-state index contributed by atoms with van der Waals surface area (Å²) in [6.45, 7) is 4.48. The highest BCUT2D eigenvalue weighted by Gasteiger charge is 2.58. The third-order valence-electron chi connectivity index (χ3n) is 3.63. The molecule has 1 N–H and O–H groups in total. The molecule has 0 spiro atoms. The molecule has 0 aromatic carbocycles. The van der Waals surface area contributed by atoms with Crippen LogP contribution in [0.15, 0.2) is 0 Å². The highest BCUT2D eigenvalue weighted by Crippen LogP contribution is 2.66. The van der Waals surface area contributed by atoms with Crippen molar-refractivity contribution in [1.29, 1.82) is 0 Å². The standard InChI is InChI=1S/C11H14N2O2/c1-3-15-10(14)9-8-6-4-11(6,2)5-7(8)12-13-9/h6H,3-5H2,1-2H3,(H,12,13)/t6-,11?/m0/s1. The van der Waals surface area contributed by atoms with Gasteiger partial charge in [0.1, 0.15) is 0 Å². The summed E-state index contributed by atoms with van der Waals surface area (Å²) in [5, 5.41) is 7.03. The number of nitrogens with zero attached hydrogens (tertiary/aromatic N) is 1. The van der Waals surface area contributed by atoms with Crippen molar-refractivity contribution in [2.75, 3.05) is 6.61 Å². The summed E-state index contributed by atoms with van der Waals surface area (Å²) in [6, 6.07) is 0. The molecule has 4 nitrogen and oxygen atoms in total. The van der Waals surface area contributed by atoms with Crippen LogP contribution in [-0.2, 0) is 11.2 Å². The largest absolute Gasteiger partial charge is 0.461 e. The Hall–Kier alpha value is -1.32. The van der Waals surface area contributed by atoms with E-state index in [4.69, 9.17) is 4.74 Å². The van der Waals surface area contributed by atoms with E-state index in [0.29, 0.717) is 23.6 Å². The van der Waals surface area contributed by atoms with Gasteiger partial charge in [0.05, 0.1) is 6.61 Å². The fourth-order valence-electron chi connectivity index (χ4n) is 2.71. The van der Waals surface area contributed by atoms with Crippen LogP contribution in [0.4, 0.5) is 0 Å². The molecule has 1 heterocycles. The first-order valence-electron chi connectivity index (χ1n) is 5.40. The molecule has 0 bridgehead atoms. The fourth-order valence-corrected chi connectivity index (χ4v) is 2.71. The summed E-state index contributed by atoms with van der Waals surface area (Å²) in [6.07, 6.45) is 2.21. The number of hydrogen-bond acceptors (Lipinski definition) is 3. The summed E-state index contributed by atoms with van der Waals surface area (Å²) in [4.78, 5) is 11.6. The van der Waals surface area contributed by atoms with E-state index in [1.807, 2.05) is 6.92 Å². The first-order valence-corrected chi connectivity index (χ1v) is 5.40. The van der Waals surface area contributed by atoms with Gasteiger partial charge in [-0.25, -0.2) is 4.79 Å². The van der Waals surface area contributed by atoms with Gasteiger partial charge in [0, 0.05) is 11.3 Å². The Morgan fingerprint density at radius 3 is 3.27 bits per heavy atom. The van der Waals surface area contributed by atoms with Crippen LogP contribution in [0.5, 0.6) is 0 Å². The molecule has 1 aromatic heterocycles. The molecule has 3 rings (SSSR count). The van der Waals surface area contributed by atoms with E-state index in [0.717, 1.165) is 17.7 Å². The zero-order valence-corrected chi connectivity index (χ0v) is 8.96. The number of ether oxygens (including phenoxy) is 1. The lowest BCUT2D eigenvalue weighted by molar-refractivity contribution is 0.0518. The van der Waals surface area contributed by atoms with Crippen molar-refractivity contribution in [3.05, 3.63) is 17.0 Å². The Balaban J connectivity index is 1.96. The van der Waals surface area contributed by atoms with Gasteiger partial charge in [-0.3, -0.25) is 5.10 Å². The van der Waals surface area contributed by atoms with E-state index in [1.165, 1.54) is 6.42 Å². The van der Waals surface area contributed by atoms with Crippen molar-refractivity contribution in [3.8, 4) is 0 Å². The number of fused-ring (bicyclic) bond motifs is 3. The highest BCUT2D eigenvalue weighted by atomic mass is 16.5. The van der Waals surface area contributed by atoms with E-state index in [9.17, 15) is 4.79 Å². The number of carbonyl (C=O) groups excluding carboxylic acids is 1. The van der Waals surface area contributed by atoms with Gasteiger partial charge in [0.15, 0.2) is 5.69 Å². The predicted molar refractivity (Wildman–Crippen MR) is 53.7 cm³/mol. The minimum Gasteiger partial charge on any atom is -0.461 e. The minimum atomic E-state index is -0.286. The topological polar surface area (TPSA) is 55.0 Å². The number of aromatic amines is 1. The number of rotatable bonds is 2. The molecular formula is C11H14N2O2. The Labute approximate surface area is 88.0 Å². The Bertz CT molecular complexity index is 438.